The highest BCUT2D eigenvalue weighted by atomic mass is 16.5. The van der Waals surface area contributed by atoms with Gasteiger partial charge in [0.05, 0.1) is 23.6 Å². The van der Waals surface area contributed by atoms with Gasteiger partial charge in [0.1, 0.15) is 5.69 Å². The Balaban J connectivity index is 1.85. The standard InChI is InChI=1S/C16H23N5O2/c1-9-7-21(8-10(2)23-9)16(22)14-6-13(17-18-14)15-11(3)19-20(5)12(15)4/h6,9-10H,7-8H2,1-5H3,(H,17,18). The van der Waals surface area contributed by atoms with E-state index in [9.17, 15) is 4.79 Å². The lowest BCUT2D eigenvalue weighted by Crippen LogP contribution is -2.48. The number of aromatic nitrogens is 4. The molecule has 1 amide bonds. The van der Waals surface area contributed by atoms with Gasteiger partial charge in [-0.15, -0.1) is 0 Å². The molecule has 7 nitrogen and oxygen atoms in total. The second kappa shape index (κ2) is 5.81. The van der Waals surface area contributed by atoms with Crippen LogP contribution < -0.4 is 0 Å². The lowest BCUT2D eigenvalue weighted by Gasteiger charge is -2.34. The Labute approximate surface area is 135 Å². The molecule has 0 aliphatic carbocycles. The Morgan fingerprint density at radius 3 is 2.52 bits per heavy atom. The predicted octanol–water partition coefficient (Wildman–Crippen LogP) is 1.68. The van der Waals surface area contributed by atoms with Gasteiger partial charge in [0, 0.05) is 31.4 Å². The minimum atomic E-state index is -0.0371. The molecule has 2 unspecified atom stereocenters. The summed E-state index contributed by atoms with van der Waals surface area (Å²) in [6.45, 7) is 9.11. The summed E-state index contributed by atoms with van der Waals surface area (Å²) in [6.07, 6.45) is 0.0980. The molecule has 2 aromatic heterocycles. The lowest BCUT2D eigenvalue weighted by atomic mass is 10.1. The summed E-state index contributed by atoms with van der Waals surface area (Å²) in [5, 5.41) is 11.6. The van der Waals surface area contributed by atoms with Crippen LogP contribution in [0, 0.1) is 13.8 Å². The van der Waals surface area contributed by atoms with Crippen molar-refractivity contribution in [3.63, 3.8) is 0 Å². The summed E-state index contributed by atoms with van der Waals surface area (Å²) < 4.78 is 7.51. The number of nitrogens with one attached hydrogen (secondary N) is 1. The van der Waals surface area contributed by atoms with Crippen molar-refractivity contribution in [2.75, 3.05) is 13.1 Å². The normalized spacial score (nSPS) is 21.7. The fourth-order valence-corrected chi connectivity index (χ4v) is 3.22. The van der Waals surface area contributed by atoms with E-state index in [-0.39, 0.29) is 18.1 Å². The highest BCUT2D eigenvalue weighted by molar-refractivity contribution is 5.93. The SMILES string of the molecule is Cc1nn(C)c(C)c1-c1cc(C(=O)N2CC(C)OC(C)C2)[nH]n1. The third kappa shape index (κ3) is 2.88. The van der Waals surface area contributed by atoms with E-state index in [2.05, 4.69) is 15.3 Å². The van der Waals surface area contributed by atoms with E-state index in [1.54, 1.807) is 0 Å². The number of aryl methyl sites for hydroxylation is 2. The van der Waals surface area contributed by atoms with Crippen molar-refractivity contribution in [3.8, 4) is 11.3 Å². The van der Waals surface area contributed by atoms with Gasteiger partial charge in [-0.1, -0.05) is 0 Å². The fraction of sp³-hybridized carbons (Fsp3) is 0.562. The number of ether oxygens (including phenoxy) is 1. The molecule has 3 rings (SSSR count). The number of carbonyl (C=O) groups is 1. The zero-order valence-electron chi connectivity index (χ0n) is 14.3. The van der Waals surface area contributed by atoms with E-state index in [1.807, 2.05) is 50.4 Å². The summed E-state index contributed by atoms with van der Waals surface area (Å²) in [5.41, 5.74) is 4.17. The molecule has 0 bridgehead atoms. The molecule has 1 aliphatic heterocycles. The summed E-state index contributed by atoms with van der Waals surface area (Å²) in [6, 6.07) is 1.81. The van der Waals surface area contributed by atoms with Gasteiger partial charge in [0.2, 0.25) is 0 Å². The molecule has 1 fully saturated rings. The molecule has 7 heteroatoms. The number of rotatable bonds is 2. The summed E-state index contributed by atoms with van der Waals surface area (Å²) in [7, 11) is 1.90. The summed E-state index contributed by atoms with van der Waals surface area (Å²) in [5.74, 6) is -0.0371. The maximum absolute atomic E-state index is 12.7. The van der Waals surface area contributed by atoms with Crippen LogP contribution in [0.2, 0.25) is 0 Å². The Morgan fingerprint density at radius 2 is 1.96 bits per heavy atom. The summed E-state index contributed by atoms with van der Waals surface area (Å²) >= 11 is 0. The predicted molar refractivity (Wildman–Crippen MR) is 86.2 cm³/mol. The fourth-order valence-electron chi connectivity index (χ4n) is 3.22. The number of H-pyrrole nitrogens is 1. The Morgan fingerprint density at radius 1 is 1.30 bits per heavy atom. The summed E-state index contributed by atoms with van der Waals surface area (Å²) in [4.78, 5) is 14.5. The zero-order valence-corrected chi connectivity index (χ0v) is 14.3. The minimum Gasteiger partial charge on any atom is -0.372 e. The molecule has 3 heterocycles. The van der Waals surface area contributed by atoms with Crippen LogP contribution in [0.25, 0.3) is 11.3 Å². The second-order valence-corrected chi connectivity index (χ2v) is 6.30. The van der Waals surface area contributed by atoms with Gasteiger partial charge in [0.15, 0.2) is 0 Å². The average Bonchev–Trinajstić information content (AvgIpc) is 3.03. The van der Waals surface area contributed by atoms with Crippen LogP contribution in [0.15, 0.2) is 6.07 Å². The highest BCUT2D eigenvalue weighted by Gasteiger charge is 2.28. The molecule has 0 saturated carbocycles. The first-order valence-corrected chi connectivity index (χ1v) is 7.87. The third-order valence-corrected chi connectivity index (χ3v) is 4.28. The molecule has 1 aliphatic rings. The molecule has 1 saturated heterocycles. The van der Waals surface area contributed by atoms with Crippen molar-refractivity contribution in [3.05, 3.63) is 23.1 Å². The number of nitrogens with zero attached hydrogens (tertiary/aromatic N) is 4. The number of hydrogen-bond acceptors (Lipinski definition) is 4. The first-order chi connectivity index (χ1) is 10.9. The molecular formula is C16H23N5O2. The number of carbonyl (C=O) groups excluding carboxylic acids is 1. The van der Waals surface area contributed by atoms with Gasteiger partial charge in [-0.25, -0.2) is 0 Å². The van der Waals surface area contributed by atoms with Crippen molar-refractivity contribution in [2.45, 2.75) is 39.9 Å². The molecule has 0 spiro atoms. The lowest BCUT2D eigenvalue weighted by molar-refractivity contribution is -0.0587. The van der Waals surface area contributed by atoms with E-state index in [1.165, 1.54) is 0 Å². The third-order valence-electron chi connectivity index (χ3n) is 4.28. The monoisotopic (exact) mass is 317 g/mol. The molecule has 0 radical (unpaired) electrons. The van der Waals surface area contributed by atoms with E-state index in [0.717, 1.165) is 22.6 Å². The van der Waals surface area contributed by atoms with Crippen molar-refractivity contribution >= 4 is 5.91 Å². The van der Waals surface area contributed by atoms with Crippen LogP contribution in [0.1, 0.15) is 35.7 Å². The van der Waals surface area contributed by atoms with Crippen molar-refractivity contribution < 1.29 is 9.53 Å². The van der Waals surface area contributed by atoms with Gasteiger partial charge < -0.3 is 9.64 Å². The van der Waals surface area contributed by atoms with Crippen molar-refractivity contribution in [1.29, 1.82) is 0 Å². The van der Waals surface area contributed by atoms with Gasteiger partial charge >= 0.3 is 0 Å². The van der Waals surface area contributed by atoms with Crippen LogP contribution in [-0.4, -0.2) is 56.1 Å². The van der Waals surface area contributed by atoms with E-state index >= 15 is 0 Å². The van der Waals surface area contributed by atoms with Crippen molar-refractivity contribution in [1.82, 2.24) is 24.9 Å². The maximum atomic E-state index is 12.7. The van der Waals surface area contributed by atoms with E-state index in [4.69, 9.17) is 4.74 Å². The highest BCUT2D eigenvalue weighted by Crippen LogP contribution is 2.25. The molecule has 2 aromatic rings. The van der Waals surface area contributed by atoms with Crippen LogP contribution in [0.4, 0.5) is 0 Å². The smallest absolute Gasteiger partial charge is 0.272 e. The maximum Gasteiger partial charge on any atom is 0.272 e. The second-order valence-electron chi connectivity index (χ2n) is 6.30. The van der Waals surface area contributed by atoms with Gasteiger partial charge in [-0.05, 0) is 33.8 Å². The molecule has 1 N–H and O–H groups in total. The molecule has 23 heavy (non-hydrogen) atoms. The van der Waals surface area contributed by atoms with Gasteiger partial charge in [-0.2, -0.15) is 10.2 Å². The van der Waals surface area contributed by atoms with Crippen molar-refractivity contribution in [2.24, 2.45) is 7.05 Å². The molecular weight excluding hydrogens is 294 g/mol. The first-order valence-electron chi connectivity index (χ1n) is 7.87. The minimum absolute atomic E-state index is 0.0371. The van der Waals surface area contributed by atoms with Crippen LogP contribution in [0.3, 0.4) is 0 Å². The van der Waals surface area contributed by atoms with Crippen LogP contribution in [-0.2, 0) is 11.8 Å². The Bertz CT molecular complexity index is 723. The quantitative estimate of drug-likeness (QED) is 0.914. The molecule has 124 valence electrons. The molecule has 2 atom stereocenters. The van der Waals surface area contributed by atoms with Gasteiger partial charge in [0.25, 0.3) is 5.91 Å². The largest absolute Gasteiger partial charge is 0.372 e. The van der Waals surface area contributed by atoms with E-state index in [0.29, 0.717) is 18.8 Å². The number of aromatic amines is 1. The Hall–Kier alpha value is -2.15. The molecule has 0 aromatic carbocycles. The van der Waals surface area contributed by atoms with Crippen LogP contribution >= 0.6 is 0 Å². The Kier molecular flexibility index (Phi) is 3.97. The average molecular weight is 317 g/mol. The van der Waals surface area contributed by atoms with Gasteiger partial charge in [-0.3, -0.25) is 14.6 Å². The van der Waals surface area contributed by atoms with Crippen LogP contribution in [0.5, 0.6) is 0 Å². The topological polar surface area (TPSA) is 76.0 Å². The number of hydrogen-bond donors (Lipinski definition) is 1. The number of morpholine rings is 1. The zero-order chi connectivity index (χ0) is 16.7. The first kappa shape index (κ1) is 15.7. The number of amides is 1. The van der Waals surface area contributed by atoms with E-state index < -0.39 is 0 Å².